The van der Waals surface area contributed by atoms with Gasteiger partial charge in [0.05, 0.1) is 11.6 Å². The van der Waals surface area contributed by atoms with Crippen LogP contribution in [-0.2, 0) is 0 Å². The molecule has 0 spiro atoms. The molecule has 0 bridgehead atoms. The summed E-state index contributed by atoms with van der Waals surface area (Å²) in [5.41, 5.74) is 3.14. The molecule has 0 amide bonds. The maximum absolute atomic E-state index is 9.03. The van der Waals surface area contributed by atoms with Gasteiger partial charge in [0.2, 0.25) is 0 Å². The minimum Gasteiger partial charge on any atom is -0.369 e. The molecule has 1 aliphatic heterocycles. The summed E-state index contributed by atoms with van der Waals surface area (Å²) in [7, 11) is 0. The van der Waals surface area contributed by atoms with Gasteiger partial charge >= 0.3 is 0 Å². The Morgan fingerprint density at radius 2 is 2.28 bits per heavy atom. The number of nitrogens with one attached hydrogen (secondary N) is 2. The van der Waals surface area contributed by atoms with Crippen molar-refractivity contribution in [3.63, 3.8) is 0 Å². The molecule has 1 fully saturated rings. The van der Waals surface area contributed by atoms with Crippen molar-refractivity contribution in [2.24, 2.45) is 0 Å². The average Bonchev–Trinajstić information content (AvgIpc) is 3.28. The highest BCUT2D eigenvalue weighted by Gasteiger charge is 2.25. The van der Waals surface area contributed by atoms with Crippen LogP contribution in [0.1, 0.15) is 23.5 Å². The third kappa shape index (κ3) is 3.35. The molecule has 3 heterocycles. The molecule has 4 rings (SSSR count). The molecule has 5 heteroatoms. The minimum atomic E-state index is 0.552. The van der Waals surface area contributed by atoms with Crippen molar-refractivity contribution in [3.05, 3.63) is 59.9 Å². The van der Waals surface area contributed by atoms with Gasteiger partial charge in [-0.05, 0) is 48.7 Å². The average molecular weight is 331 g/mol. The number of rotatable bonds is 5. The van der Waals surface area contributed by atoms with Crippen molar-refractivity contribution in [1.82, 2.24) is 14.9 Å². The monoisotopic (exact) mass is 331 g/mol. The first-order chi connectivity index (χ1) is 12.3. The molecule has 2 N–H and O–H groups in total. The van der Waals surface area contributed by atoms with Crippen LogP contribution in [0.4, 0.5) is 5.82 Å². The first-order valence-electron chi connectivity index (χ1n) is 8.72. The first-order valence-corrected chi connectivity index (χ1v) is 8.72. The topological polar surface area (TPSA) is 67.7 Å². The largest absolute Gasteiger partial charge is 0.369 e. The Kier molecular flexibility index (Phi) is 4.36. The Balaban J connectivity index is 1.37. The molecule has 0 radical (unpaired) electrons. The van der Waals surface area contributed by atoms with E-state index in [0.29, 0.717) is 11.5 Å². The van der Waals surface area contributed by atoms with Gasteiger partial charge in [-0.3, -0.25) is 0 Å². The number of likely N-dealkylation sites (tertiary alicyclic amines) is 1. The fourth-order valence-electron chi connectivity index (χ4n) is 3.65. The lowest BCUT2D eigenvalue weighted by Gasteiger charge is -2.16. The second-order valence-corrected chi connectivity index (χ2v) is 6.54. The van der Waals surface area contributed by atoms with Crippen LogP contribution in [0.3, 0.4) is 0 Å². The van der Waals surface area contributed by atoms with E-state index in [-0.39, 0.29) is 0 Å². The highest BCUT2D eigenvalue weighted by Crippen LogP contribution is 2.32. The van der Waals surface area contributed by atoms with Gasteiger partial charge in [-0.1, -0.05) is 12.1 Å². The predicted octanol–water partition coefficient (Wildman–Crippen LogP) is 3.34. The van der Waals surface area contributed by atoms with Gasteiger partial charge in [0, 0.05) is 42.9 Å². The lowest BCUT2D eigenvalue weighted by molar-refractivity contribution is 0.348. The SMILES string of the molecule is N#Cc1ccc2c(C3CCN(CCNc4ccccn4)C3)c[nH]c2c1. The summed E-state index contributed by atoms with van der Waals surface area (Å²) >= 11 is 0. The molecular formula is C20H21N5. The Bertz CT molecular complexity index is 893. The molecule has 1 unspecified atom stereocenters. The van der Waals surface area contributed by atoms with Crippen LogP contribution in [0, 0.1) is 11.3 Å². The molecule has 5 nitrogen and oxygen atoms in total. The molecule has 1 aliphatic rings. The van der Waals surface area contributed by atoms with Crippen molar-refractivity contribution >= 4 is 16.7 Å². The lowest BCUT2D eigenvalue weighted by atomic mass is 9.97. The van der Waals surface area contributed by atoms with E-state index >= 15 is 0 Å². The van der Waals surface area contributed by atoms with E-state index in [2.05, 4.69) is 38.5 Å². The zero-order valence-electron chi connectivity index (χ0n) is 14.1. The molecule has 0 saturated carbocycles. The van der Waals surface area contributed by atoms with Gasteiger partial charge in [0.1, 0.15) is 5.82 Å². The Morgan fingerprint density at radius 1 is 1.32 bits per heavy atom. The number of aromatic nitrogens is 2. The second kappa shape index (κ2) is 6.96. The minimum absolute atomic E-state index is 0.552. The fourth-order valence-corrected chi connectivity index (χ4v) is 3.65. The summed E-state index contributed by atoms with van der Waals surface area (Å²) in [6.45, 7) is 4.13. The molecule has 1 atom stereocenters. The second-order valence-electron chi connectivity index (χ2n) is 6.54. The highest BCUT2D eigenvalue weighted by molar-refractivity contribution is 5.85. The van der Waals surface area contributed by atoms with E-state index in [4.69, 9.17) is 5.26 Å². The predicted molar refractivity (Wildman–Crippen MR) is 99.5 cm³/mol. The zero-order chi connectivity index (χ0) is 17.1. The molecule has 1 aromatic carbocycles. The van der Waals surface area contributed by atoms with E-state index in [1.807, 2.05) is 36.5 Å². The molecular weight excluding hydrogens is 310 g/mol. The third-order valence-corrected chi connectivity index (χ3v) is 4.95. The first kappa shape index (κ1) is 15.7. The molecule has 126 valence electrons. The maximum atomic E-state index is 9.03. The van der Waals surface area contributed by atoms with Crippen LogP contribution in [0.5, 0.6) is 0 Å². The van der Waals surface area contributed by atoms with E-state index in [1.165, 1.54) is 17.4 Å². The summed E-state index contributed by atoms with van der Waals surface area (Å²) < 4.78 is 0. The van der Waals surface area contributed by atoms with Crippen LogP contribution in [0.25, 0.3) is 10.9 Å². The van der Waals surface area contributed by atoms with E-state index in [9.17, 15) is 0 Å². The number of pyridine rings is 1. The summed E-state index contributed by atoms with van der Waals surface area (Å²) in [6.07, 6.45) is 5.10. The fraction of sp³-hybridized carbons (Fsp3) is 0.300. The van der Waals surface area contributed by atoms with Crippen LogP contribution in [0.15, 0.2) is 48.8 Å². The Labute approximate surface area is 147 Å². The van der Waals surface area contributed by atoms with Gasteiger partial charge in [-0.25, -0.2) is 4.98 Å². The smallest absolute Gasteiger partial charge is 0.125 e. The summed E-state index contributed by atoms with van der Waals surface area (Å²) in [5, 5.41) is 13.7. The van der Waals surface area contributed by atoms with Crippen LogP contribution < -0.4 is 5.32 Å². The summed E-state index contributed by atoms with van der Waals surface area (Å²) in [4.78, 5) is 10.1. The number of hydrogen-bond donors (Lipinski definition) is 2. The maximum Gasteiger partial charge on any atom is 0.125 e. The molecule has 1 saturated heterocycles. The van der Waals surface area contributed by atoms with E-state index in [0.717, 1.165) is 37.5 Å². The van der Waals surface area contributed by atoms with Gasteiger partial charge < -0.3 is 15.2 Å². The van der Waals surface area contributed by atoms with Crippen molar-refractivity contribution in [3.8, 4) is 6.07 Å². The number of hydrogen-bond acceptors (Lipinski definition) is 4. The number of fused-ring (bicyclic) bond motifs is 1. The van der Waals surface area contributed by atoms with Crippen LogP contribution >= 0.6 is 0 Å². The number of benzene rings is 1. The van der Waals surface area contributed by atoms with Crippen molar-refractivity contribution in [2.45, 2.75) is 12.3 Å². The van der Waals surface area contributed by atoms with Crippen molar-refractivity contribution in [2.75, 3.05) is 31.5 Å². The number of anilines is 1. The van der Waals surface area contributed by atoms with Gasteiger partial charge in [-0.2, -0.15) is 5.26 Å². The number of nitriles is 1. The van der Waals surface area contributed by atoms with Crippen molar-refractivity contribution < 1.29 is 0 Å². The van der Waals surface area contributed by atoms with Crippen LogP contribution in [0.2, 0.25) is 0 Å². The normalized spacial score (nSPS) is 17.6. The van der Waals surface area contributed by atoms with Gasteiger partial charge in [0.25, 0.3) is 0 Å². The lowest BCUT2D eigenvalue weighted by Crippen LogP contribution is -2.26. The van der Waals surface area contributed by atoms with Crippen molar-refractivity contribution in [1.29, 1.82) is 5.26 Å². The standard InChI is InChI=1S/C20H21N5/c21-12-15-4-5-17-18(13-24-19(17)11-15)16-6-9-25(14-16)10-8-23-20-3-1-2-7-22-20/h1-5,7,11,13,16,24H,6,8-10,14H2,(H,22,23). The molecule has 3 aromatic rings. The molecule has 0 aliphatic carbocycles. The highest BCUT2D eigenvalue weighted by atomic mass is 15.2. The van der Waals surface area contributed by atoms with E-state index < -0.39 is 0 Å². The zero-order valence-corrected chi connectivity index (χ0v) is 14.1. The quantitative estimate of drug-likeness (QED) is 0.752. The van der Waals surface area contributed by atoms with Gasteiger partial charge in [-0.15, -0.1) is 0 Å². The number of H-pyrrole nitrogens is 1. The number of aromatic amines is 1. The summed E-state index contributed by atoms with van der Waals surface area (Å²) in [5.74, 6) is 1.49. The van der Waals surface area contributed by atoms with E-state index in [1.54, 1.807) is 0 Å². The van der Waals surface area contributed by atoms with Crippen LogP contribution in [-0.4, -0.2) is 41.0 Å². The molecule has 2 aromatic heterocycles. The number of nitrogens with zero attached hydrogens (tertiary/aromatic N) is 3. The Hall–Kier alpha value is -2.84. The third-order valence-electron chi connectivity index (χ3n) is 4.95. The van der Waals surface area contributed by atoms with Gasteiger partial charge in [0.15, 0.2) is 0 Å². The Morgan fingerprint density at radius 3 is 3.12 bits per heavy atom. The summed E-state index contributed by atoms with van der Waals surface area (Å²) in [6, 6.07) is 14.0. The molecule has 25 heavy (non-hydrogen) atoms.